The molecule has 9 heteroatoms. The van der Waals surface area contributed by atoms with Crippen molar-refractivity contribution in [2.45, 2.75) is 58.8 Å². The number of fused-ring (bicyclic) bond motifs is 1. The van der Waals surface area contributed by atoms with Gasteiger partial charge < -0.3 is 16.4 Å². The fourth-order valence-corrected chi connectivity index (χ4v) is 4.07. The molecule has 3 amide bonds. The maximum Gasteiger partial charge on any atom is 0.254 e. The van der Waals surface area contributed by atoms with Crippen LogP contribution < -0.4 is 16.4 Å². The van der Waals surface area contributed by atoms with Crippen LogP contribution in [0.25, 0.3) is 5.65 Å². The van der Waals surface area contributed by atoms with Gasteiger partial charge >= 0.3 is 0 Å². The minimum absolute atomic E-state index is 0.0842. The molecular weight excluding hydrogens is 384 g/mol. The third kappa shape index (κ3) is 4.95. The van der Waals surface area contributed by atoms with E-state index in [9.17, 15) is 14.4 Å². The van der Waals surface area contributed by atoms with E-state index >= 15 is 0 Å². The first-order valence-corrected chi connectivity index (χ1v) is 10.6. The molecule has 0 unspecified atom stereocenters. The van der Waals surface area contributed by atoms with Gasteiger partial charge in [0.1, 0.15) is 5.56 Å². The van der Waals surface area contributed by atoms with Crippen LogP contribution in [0.3, 0.4) is 0 Å². The van der Waals surface area contributed by atoms with Gasteiger partial charge in [0, 0.05) is 36.8 Å². The van der Waals surface area contributed by atoms with Crippen LogP contribution in [0.5, 0.6) is 0 Å². The Morgan fingerprint density at radius 3 is 2.53 bits per heavy atom. The van der Waals surface area contributed by atoms with Crippen LogP contribution >= 0.6 is 0 Å². The number of hydrogen-bond donors (Lipinski definition) is 3. The predicted molar refractivity (Wildman–Crippen MR) is 112 cm³/mol. The normalized spacial score (nSPS) is 14.6. The Morgan fingerprint density at radius 2 is 1.83 bits per heavy atom. The summed E-state index contributed by atoms with van der Waals surface area (Å²) in [7, 11) is 0. The van der Waals surface area contributed by atoms with Gasteiger partial charge in [0.25, 0.3) is 5.91 Å². The SMILES string of the molecule is Cc1nc2c(C(N)=O)cnn2c(C)c1CCC(=O)NCCNC(=O)C1CCCCC1. The molecule has 162 valence electrons. The van der Waals surface area contributed by atoms with Crippen LogP contribution in [0.2, 0.25) is 0 Å². The summed E-state index contributed by atoms with van der Waals surface area (Å²) in [6.07, 6.45) is 7.61. The molecule has 0 saturated heterocycles. The third-order valence-electron chi connectivity index (χ3n) is 5.80. The fraction of sp³-hybridized carbons (Fsp3) is 0.571. The number of nitrogens with zero attached hydrogens (tertiary/aromatic N) is 3. The first-order valence-electron chi connectivity index (χ1n) is 10.6. The first kappa shape index (κ1) is 21.7. The van der Waals surface area contributed by atoms with Crippen LogP contribution in [0, 0.1) is 19.8 Å². The summed E-state index contributed by atoms with van der Waals surface area (Å²) >= 11 is 0. The average molecular weight is 415 g/mol. The Kier molecular flexibility index (Phi) is 7.02. The molecule has 1 aliphatic rings. The fourth-order valence-electron chi connectivity index (χ4n) is 4.07. The van der Waals surface area contributed by atoms with Gasteiger partial charge in [-0.15, -0.1) is 0 Å². The highest BCUT2D eigenvalue weighted by molar-refractivity contribution is 5.98. The Labute approximate surface area is 175 Å². The molecule has 9 nitrogen and oxygen atoms in total. The Morgan fingerprint density at radius 1 is 1.13 bits per heavy atom. The van der Waals surface area contributed by atoms with E-state index in [-0.39, 0.29) is 23.3 Å². The molecule has 2 aromatic heterocycles. The number of nitrogens with one attached hydrogen (secondary N) is 2. The average Bonchev–Trinajstić information content (AvgIpc) is 3.15. The van der Waals surface area contributed by atoms with Crippen LogP contribution in [0.4, 0.5) is 0 Å². The quantitative estimate of drug-likeness (QED) is 0.558. The Balaban J connectivity index is 1.48. The number of primary amides is 1. The molecule has 0 aromatic carbocycles. The lowest BCUT2D eigenvalue weighted by Crippen LogP contribution is -2.38. The highest BCUT2D eigenvalue weighted by Gasteiger charge is 2.20. The topological polar surface area (TPSA) is 131 Å². The van der Waals surface area contributed by atoms with Crippen molar-refractivity contribution in [3.05, 3.63) is 28.7 Å². The Bertz CT molecular complexity index is 946. The van der Waals surface area contributed by atoms with E-state index < -0.39 is 5.91 Å². The highest BCUT2D eigenvalue weighted by Crippen LogP contribution is 2.23. The zero-order chi connectivity index (χ0) is 21.7. The molecule has 30 heavy (non-hydrogen) atoms. The molecule has 1 fully saturated rings. The van der Waals surface area contributed by atoms with Gasteiger partial charge in [0.2, 0.25) is 11.8 Å². The number of hydrogen-bond acceptors (Lipinski definition) is 5. The molecule has 2 aromatic rings. The number of amides is 3. The molecule has 1 saturated carbocycles. The summed E-state index contributed by atoms with van der Waals surface area (Å²) < 4.78 is 1.58. The van der Waals surface area contributed by atoms with Crippen LogP contribution in [-0.4, -0.2) is 45.4 Å². The molecule has 0 spiro atoms. The number of carbonyl (C=O) groups is 3. The predicted octanol–water partition coefficient (Wildman–Crippen LogP) is 1.19. The van der Waals surface area contributed by atoms with Crippen molar-refractivity contribution < 1.29 is 14.4 Å². The maximum absolute atomic E-state index is 12.2. The van der Waals surface area contributed by atoms with E-state index in [4.69, 9.17) is 5.73 Å². The van der Waals surface area contributed by atoms with Crippen LogP contribution in [-0.2, 0) is 16.0 Å². The standard InChI is InChI=1S/C21H30N6O3/c1-13-16(14(2)27-20(26-13)17(12-25-27)19(22)29)8-9-18(28)23-10-11-24-21(30)15-6-4-3-5-7-15/h12,15H,3-11H2,1-2H3,(H2,22,29)(H,23,28)(H,24,30). The van der Waals surface area contributed by atoms with Gasteiger partial charge in [-0.2, -0.15) is 5.10 Å². The lowest BCUT2D eigenvalue weighted by atomic mass is 9.89. The van der Waals surface area contributed by atoms with Gasteiger partial charge in [-0.05, 0) is 38.7 Å². The molecule has 3 rings (SSSR count). The third-order valence-corrected chi connectivity index (χ3v) is 5.80. The number of nitrogens with two attached hydrogens (primary N) is 1. The van der Waals surface area contributed by atoms with Crippen molar-refractivity contribution in [1.29, 1.82) is 0 Å². The zero-order valence-corrected chi connectivity index (χ0v) is 17.7. The van der Waals surface area contributed by atoms with E-state index in [0.29, 0.717) is 31.6 Å². The van der Waals surface area contributed by atoms with Crippen molar-refractivity contribution in [1.82, 2.24) is 25.2 Å². The van der Waals surface area contributed by atoms with Gasteiger partial charge in [-0.25, -0.2) is 9.50 Å². The molecule has 0 radical (unpaired) electrons. The first-order chi connectivity index (χ1) is 14.4. The minimum atomic E-state index is -0.570. The van der Waals surface area contributed by atoms with E-state index in [2.05, 4.69) is 20.7 Å². The zero-order valence-electron chi connectivity index (χ0n) is 17.7. The molecule has 2 heterocycles. The van der Waals surface area contributed by atoms with Gasteiger partial charge in [-0.1, -0.05) is 19.3 Å². The lowest BCUT2D eigenvalue weighted by molar-refractivity contribution is -0.126. The number of aryl methyl sites for hydroxylation is 2. The highest BCUT2D eigenvalue weighted by atomic mass is 16.2. The van der Waals surface area contributed by atoms with Crippen molar-refractivity contribution >= 4 is 23.4 Å². The van der Waals surface area contributed by atoms with E-state index in [1.54, 1.807) is 4.52 Å². The van der Waals surface area contributed by atoms with Gasteiger partial charge in [0.05, 0.1) is 6.20 Å². The van der Waals surface area contributed by atoms with Crippen LogP contribution in [0.15, 0.2) is 6.20 Å². The molecule has 4 N–H and O–H groups in total. The second kappa shape index (κ2) is 9.69. The minimum Gasteiger partial charge on any atom is -0.365 e. The summed E-state index contributed by atoms with van der Waals surface area (Å²) in [6.45, 7) is 4.58. The van der Waals surface area contributed by atoms with Crippen molar-refractivity contribution in [2.75, 3.05) is 13.1 Å². The largest absolute Gasteiger partial charge is 0.365 e. The molecule has 0 atom stereocenters. The van der Waals surface area contributed by atoms with E-state index in [1.807, 2.05) is 13.8 Å². The molecular formula is C21H30N6O3. The smallest absolute Gasteiger partial charge is 0.254 e. The monoisotopic (exact) mass is 414 g/mol. The summed E-state index contributed by atoms with van der Waals surface area (Å²) in [5.41, 5.74) is 8.57. The van der Waals surface area contributed by atoms with Crippen molar-refractivity contribution in [3.63, 3.8) is 0 Å². The number of carbonyl (C=O) groups excluding carboxylic acids is 3. The van der Waals surface area contributed by atoms with Crippen molar-refractivity contribution in [3.8, 4) is 0 Å². The summed E-state index contributed by atoms with van der Waals surface area (Å²) in [4.78, 5) is 40.3. The van der Waals surface area contributed by atoms with E-state index in [0.717, 1.165) is 42.6 Å². The molecule has 1 aliphatic carbocycles. The van der Waals surface area contributed by atoms with Crippen molar-refractivity contribution in [2.24, 2.45) is 11.7 Å². The summed E-state index contributed by atoms with van der Waals surface area (Å²) in [5, 5.41) is 9.96. The molecule has 0 aliphatic heterocycles. The number of rotatable bonds is 8. The van der Waals surface area contributed by atoms with E-state index in [1.165, 1.54) is 12.6 Å². The second-order valence-electron chi connectivity index (χ2n) is 7.89. The maximum atomic E-state index is 12.2. The second-order valence-corrected chi connectivity index (χ2v) is 7.89. The van der Waals surface area contributed by atoms with Crippen LogP contribution in [0.1, 0.15) is 65.8 Å². The molecule has 0 bridgehead atoms. The van der Waals surface area contributed by atoms with Gasteiger partial charge in [0.15, 0.2) is 5.65 Å². The lowest BCUT2D eigenvalue weighted by Gasteiger charge is -2.20. The Hall–Kier alpha value is -2.97. The summed E-state index contributed by atoms with van der Waals surface area (Å²) in [6, 6.07) is 0. The summed E-state index contributed by atoms with van der Waals surface area (Å²) in [5.74, 6) is -0.428. The van der Waals surface area contributed by atoms with Gasteiger partial charge in [-0.3, -0.25) is 14.4 Å². The number of aromatic nitrogens is 3.